The number of anilines is 1. The van der Waals surface area contributed by atoms with Gasteiger partial charge in [0, 0.05) is 20.2 Å². The summed E-state index contributed by atoms with van der Waals surface area (Å²) in [5.74, 6) is 1.60. The van der Waals surface area contributed by atoms with E-state index in [0.717, 1.165) is 11.1 Å². The van der Waals surface area contributed by atoms with Crippen LogP contribution in [0.5, 0.6) is 17.2 Å². The predicted octanol–water partition coefficient (Wildman–Crippen LogP) is 3.86. The first-order valence-electron chi connectivity index (χ1n) is 7.85. The summed E-state index contributed by atoms with van der Waals surface area (Å²) in [6, 6.07) is 8.72. The molecule has 7 heteroatoms. The van der Waals surface area contributed by atoms with Crippen molar-refractivity contribution in [3.05, 3.63) is 51.6 Å². The number of hydrogen-bond donors (Lipinski definition) is 0. The molecule has 26 heavy (non-hydrogen) atoms. The lowest BCUT2D eigenvalue weighted by Gasteiger charge is -2.13. The topological polar surface area (TPSA) is 74.1 Å². The second kappa shape index (κ2) is 8.24. The van der Waals surface area contributed by atoms with Gasteiger partial charge in [0.2, 0.25) is 5.75 Å². The van der Waals surface area contributed by atoms with Crippen molar-refractivity contribution in [1.29, 1.82) is 0 Å². The van der Waals surface area contributed by atoms with Crippen LogP contribution < -0.4 is 19.1 Å². The second-order valence-electron chi connectivity index (χ2n) is 5.69. The molecule has 0 radical (unpaired) electrons. The molecule has 0 atom stereocenters. The van der Waals surface area contributed by atoms with Gasteiger partial charge >= 0.3 is 0 Å². The highest BCUT2D eigenvalue weighted by atomic mass is 16.6. The zero-order chi connectivity index (χ0) is 19.3. The highest BCUT2D eigenvalue weighted by Crippen LogP contribution is 2.38. The molecule has 0 N–H and O–H groups in total. The molecular weight excluding hydrogens is 336 g/mol. The van der Waals surface area contributed by atoms with Crippen LogP contribution in [0.3, 0.4) is 0 Å². The van der Waals surface area contributed by atoms with Crippen molar-refractivity contribution in [2.45, 2.75) is 0 Å². The maximum absolute atomic E-state index is 11.3. The fourth-order valence-electron chi connectivity index (χ4n) is 2.56. The normalized spacial score (nSPS) is 10.7. The molecule has 0 aliphatic heterocycles. The van der Waals surface area contributed by atoms with Crippen molar-refractivity contribution in [3.63, 3.8) is 0 Å². The number of rotatable bonds is 7. The van der Waals surface area contributed by atoms with Gasteiger partial charge in [-0.1, -0.05) is 18.2 Å². The van der Waals surface area contributed by atoms with Gasteiger partial charge in [-0.2, -0.15) is 0 Å². The van der Waals surface area contributed by atoms with E-state index in [1.54, 1.807) is 70.7 Å². The van der Waals surface area contributed by atoms with Gasteiger partial charge in [-0.05, 0) is 29.3 Å². The number of benzene rings is 2. The third kappa shape index (κ3) is 4.05. The fourth-order valence-corrected chi connectivity index (χ4v) is 2.56. The molecule has 0 saturated heterocycles. The largest absolute Gasteiger partial charge is 0.493 e. The lowest BCUT2D eigenvalue weighted by molar-refractivity contribution is -0.384. The number of nitrogens with zero attached hydrogens (tertiary/aromatic N) is 2. The van der Waals surface area contributed by atoms with Crippen LogP contribution in [0.1, 0.15) is 11.1 Å². The first-order valence-corrected chi connectivity index (χ1v) is 7.85. The van der Waals surface area contributed by atoms with E-state index in [9.17, 15) is 10.1 Å². The minimum Gasteiger partial charge on any atom is -0.493 e. The van der Waals surface area contributed by atoms with Gasteiger partial charge in [0.1, 0.15) is 5.69 Å². The summed E-state index contributed by atoms with van der Waals surface area (Å²) in [7, 11) is 8.19. The van der Waals surface area contributed by atoms with Crippen molar-refractivity contribution in [2.75, 3.05) is 40.3 Å². The summed E-state index contributed by atoms with van der Waals surface area (Å²) in [4.78, 5) is 12.6. The summed E-state index contributed by atoms with van der Waals surface area (Å²) >= 11 is 0. The Bertz CT molecular complexity index is 806. The van der Waals surface area contributed by atoms with Crippen LogP contribution in [-0.4, -0.2) is 40.3 Å². The quantitative estimate of drug-likeness (QED) is 0.425. The Morgan fingerprint density at radius 2 is 1.50 bits per heavy atom. The first kappa shape index (κ1) is 19.1. The average Bonchev–Trinajstić information content (AvgIpc) is 2.64. The molecule has 0 spiro atoms. The fraction of sp³-hybridized carbons (Fsp3) is 0.263. The zero-order valence-corrected chi connectivity index (χ0v) is 15.5. The Labute approximate surface area is 152 Å². The third-order valence-corrected chi connectivity index (χ3v) is 3.83. The zero-order valence-electron chi connectivity index (χ0n) is 15.5. The van der Waals surface area contributed by atoms with Crippen LogP contribution in [-0.2, 0) is 0 Å². The monoisotopic (exact) mass is 358 g/mol. The van der Waals surface area contributed by atoms with E-state index >= 15 is 0 Å². The second-order valence-corrected chi connectivity index (χ2v) is 5.69. The molecule has 0 amide bonds. The van der Waals surface area contributed by atoms with Crippen molar-refractivity contribution in [1.82, 2.24) is 0 Å². The molecule has 0 heterocycles. The number of ether oxygens (including phenoxy) is 3. The van der Waals surface area contributed by atoms with E-state index in [1.165, 1.54) is 0 Å². The summed E-state index contributed by atoms with van der Waals surface area (Å²) in [6.45, 7) is 0. The lowest BCUT2D eigenvalue weighted by Crippen LogP contribution is -2.10. The van der Waals surface area contributed by atoms with Crippen LogP contribution in [0.25, 0.3) is 12.2 Å². The maximum atomic E-state index is 11.3. The molecule has 0 saturated carbocycles. The molecule has 2 rings (SSSR count). The Kier molecular flexibility index (Phi) is 6.06. The van der Waals surface area contributed by atoms with E-state index in [1.807, 2.05) is 12.1 Å². The van der Waals surface area contributed by atoms with E-state index in [4.69, 9.17) is 14.2 Å². The Morgan fingerprint density at radius 3 is 1.96 bits per heavy atom. The van der Waals surface area contributed by atoms with Gasteiger partial charge < -0.3 is 19.1 Å². The highest BCUT2D eigenvalue weighted by molar-refractivity contribution is 5.76. The molecule has 2 aromatic carbocycles. The van der Waals surface area contributed by atoms with Crippen LogP contribution in [0.4, 0.5) is 11.4 Å². The Morgan fingerprint density at radius 1 is 0.923 bits per heavy atom. The van der Waals surface area contributed by atoms with Gasteiger partial charge in [-0.3, -0.25) is 10.1 Å². The molecular formula is C19H22N2O5. The predicted molar refractivity (Wildman–Crippen MR) is 102 cm³/mol. The van der Waals surface area contributed by atoms with Gasteiger partial charge in [0.05, 0.1) is 26.3 Å². The summed E-state index contributed by atoms with van der Waals surface area (Å²) in [5, 5.41) is 11.3. The molecule has 0 aliphatic carbocycles. The van der Waals surface area contributed by atoms with Crippen molar-refractivity contribution < 1.29 is 19.1 Å². The van der Waals surface area contributed by atoms with E-state index in [2.05, 4.69) is 0 Å². The maximum Gasteiger partial charge on any atom is 0.293 e. The summed E-state index contributed by atoms with van der Waals surface area (Å²) < 4.78 is 16.0. The van der Waals surface area contributed by atoms with Crippen LogP contribution in [0, 0.1) is 10.1 Å². The highest BCUT2D eigenvalue weighted by Gasteiger charge is 2.15. The standard InChI is InChI=1S/C19H22N2O5/c1-20(2)15-9-8-13(10-16(15)21(22)23)6-7-14-11-17(24-3)19(26-5)18(12-14)25-4/h6-12H,1-5H3/b7-6+. The van der Waals surface area contributed by atoms with Gasteiger partial charge in [0.15, 0.2) is 11.5 Å². The first-order chi connectivity index (χ1) is 12.4. The molecule has 0 aliphatic rings. The van der Waals surface area contributed by atoms with Crippen LogP contribution in [0.15, 0.2) is 30.3 Å². The molecule has 138 valence electrons. The third-order valence-electron chi connectivity index (χ3n) is 3.83. The van der Waals surface area contributed by atoms with Gasteiger partial charge in [0.25, 0.3) is 5.69 Å². The van der Waals surface area contributed by atoms with E-state index < -0.39 is 0 Å². The molecule has 0 fully saturated rings. The minimum absolute atomic E-state index is 0.0574. The average molecular weight is 358 g/mol. The van der Waals surface area contributed by atoms with E-state index in [0.29, 0.717) is 22.9 Å². The smallest absolute Gasteiger partial charge is 0.293 e. The number of hydrogen-bond acceptors (Lipinski definition) is 6. The lowest BCUT2D eigenvalue weighted by atomic mass is 10.1. The summed E-state index contributed by atoms with van der Waals surface area (Å²) in [5.41, 5.74) is 2.15. The SMILES string of the molecule is COc1cc(/C=C/c2ccc(N(C)C)c([N+](=O)[O-])c2)cc(OC)c1OC. The van der Waals surface area contributed by atoms with Crippen molar-refractivity contribution in [3.8, 4) is 17.2 Å². The molecule has 2 aromatic rings. The summed E-state index contributed by atoms with van der Waals surface area (Å²) in [6.07, 6.45) is 3.63. The Balaban J connectivity index is 2.41. The van der Waals surface area contributed by atoms with Crippen LogP contribution >= 0.6 is 0 Å². The molecule has 0 aromatic heterocycles. The van der Waals surface area contributed by atoms with E-state index in [-0.39, 0.29) is 10.6 Å². The van der Waals surface area contributed by atoms with Gasteiger partial charge in [-0.15, -0.1) is 0 Å². The molecule has 0 unspecified atom stereocenters. The van der Waals surface area contributed by atoms with Crippen LogP contribution in [0.2, 0.25) is 0 Å². The molecule has 0 bridgehead atoms. The number of nitro benzene ring substituents is 1. The number of methoxy groups -OCH3 is 3. The van der Waals surface area contributed by atoms with Gasteiger partial charge in [-0.25, -0.2) is 0 Å². The minimum atomic E-state index is -0.383. The Hall–Kier alpha value is -3.22. The van der Waals surface area contributed by atoms with Crippen molar-refractivity contribution in [2.24, 2.45) is 0 Å². The molecule has 7 nitrogen and oxygen atoms in total. The number of nitro groups is 1. The van der Waals surface area contributed by atoms with Crippen molar-refractivity contribution >= 4 is 23.5 Å².